The highest BCUT2D eigenvalue weighted by molar-refractivity contribution is 7.99. The number of ether oxygens (including phenoxy) is 1. The van der Waals surface area contributed by atoms with Gasteiger partial charge in [0.1, 0.15) is 11.6 Å². The van der Waals surface area contributed by atoms with Gasteiger partial charge in [0.15, 0.2) is 6.61 Å². The molecule has 0 radical (unpaired) electrons. The van der Waals surface area contributed by atoms with E-state index in [2.05, 4.69) is 12.1 Å². The molecule has 23 heavy (non-hydrogen) atoms. The summed E-state index contributed by atoms with van der Waals surface area (Å²) in [5, 5.41) is 0.295. The van der Waals surface area contributed by atoms with Crippen molar-refractivity contribution in [2.45, 2.75) is 5.25 Å². The van der Waals surface area contributed by atoms with Crippen LogP contribution in [0, 0.1) is 5.82 Å². The van der Waals surface area contributed by atoms with Crippen LogP contribution in [0.15, 0.2) is 54.6 Å². The summed E-state index contributed by atoms with van der Waals surface area (Å²) in [7, 11) is 0. The van der Waals surface area contributed by atoms with Crippen molar-refractivity contribution in [1.82, 2.24) is 4.90 Å². The van der Waals surface area contributed by atoms with Crippen LogP contribution in [-0.4, -0.2) is 36.3 Å². The molecule has 2 aromatic carbocycles. The highest BCUT2D eigenvalue weighted by Crippen LogP contribution is 2.32. The second-order valence-corrected chi connectivity index (χ2v) is 6.67. The molecule has 5 heteroatoms. The van der Waals surface area contributed by atoms with Crippen LogP contribution in [0.4, 0.5) is 4.39 Å². The zero-order valence-electron chi connectivity index (χ0n) is 12.7. The van der Waals surface area contributed by atoms with Gasteiger partial charge in [-0.1, -0.05) is 36.4 Å². The number of carbonyl (C=O) groups is 1. The number of amides is 1. The fourth-order valence-corrected chi connectivity index (χ4v) is 3.78. The van der Waals surface area contributed by atoms with E-state index in [0.29, 0.717) is 17.5 Å². The minimum Gasteiger partial charge on any atom is -0.484 e. The molecule has 0 spiro atoms. The average Bonchev–Trinajstić information content (AvgIpc) is 2.61. The van der Waals surface area contributed by atoms with E-state index in [0.717, 1.165) is 12.3 Å². The van der Waals surface area contributed by atoms with E-state index in [-0.39, 0.29) is 18.3 Å². The lowest BCUT2D eigenvalue weighted by Crippen LogP contribution is -2.41. The lowest BCUT2D eigenvalue weighted by Gasteiger charge is -2.32. The standard InChI is InChI=1S/C18H18FNO2S/c19-15-7-4-8-16(11-15)22-13-18(21)20-9-10-23-17(12-20)14-5-2-1-3-6-14/h1-8,11,17H,9-10,12-13H2. The lowest BCUT2D eigenvalue weighted by atomic mass is 10.1. The molecule has 1 amide bonds. The first kappa shape index (κ1) is 15.9. The Kier molecular flexibility index (Phi) is 5.18. The van der Waals surface area contributed by atoms with Crippen molar-refractivity contribution in [2.75, 3.05) is 25.4 Å². The highest BCUT2D eigenvalue weighted by Gasteiger charge is 2.25. The molecule has 0 aromatic heterocycles. The minimum absolute atomic E-state index is 0.0597. The molecule has 3 nitrogen and oxygen atoms in total. The van der Waals surface area contributed by atoms with E-state index >= 15 is 0 Å². The molecule has 2 aromatic rings. The molecule has 0 saturated carbocycles. The topological polar surface area (TPSA) is 29.5 Å². The van der Waals surface area contributed by atoms with E-state index in [9.17, 15) is 9.18 Å². The molecule has 1 fully saturated rings. The van der Waals surface area contributed by atoms with Crippen molar-refractivity contribution >= 4 is 17.7 Å². The van der Waals surface area contributed by atoms with E-state index < -0.39 is 0 Å². The third kappa shape index (κ3) is 4.26. The fraction of sp³-hybridized carbons (Fsp3) is 0.278. The maximum absolute atomic E-state index is 13.1. The van der Waals surface area contributed by atoms with Gasteiger partial charge >= 0.3 is 0 Å². The smallest absolute Gasteiger partial charge is 0.260 e. The number of nitrogens with zero attached hydrogens (tertiary/aromatic N) is 1. The summed E-state index contributed by atoms with van der Waals surface area (Å²) in [4.78, 5) is 14.2. The third-order valence-corrected chi connectivity index (χ3v) is 4.99. The molecule has 3 rings (SSSR count). The van der Waals surface area contributed by atoms with E-state index in [1.807, 2.05) is 34.9 Å². The van der Waals surface area contributed by atoms with Crippen molar-refractivity contribution in [3.8, 4) is 5.75 Å². The molecule has 1 saturated heterocycles. The molecule has 1 aliphatic rings. The second kappa shape index (κ2) is 7.51. The quantitative estimate of drug-likeness (QED) is 0.858. The molecule has 1 atom stereocenters. The van der Waals surface area contributed by atoms with Crippen LogP contribution in [0.2, 0.25) is 0 Å². The number of halogens is 1. The van der Waals surface area contributed by atoms with E-state index in [1.54, 1.807) is 12.1 Å². The summed E-state index contributed by atoms with van der Waals surface area (Å²) >= 11 is 1.87. The van der Waals surface area contributed by atoms with Crippen molar-refractivity contribution in [2.24, 2.45) is 0 Å². The van der Waals surface area contributed by atoms with Gasteiger partial charge in [0, 0.05) is 30.2 Å². The molecule has 1 aliphatic heterocycles. The highest BCUT2D eigenvalue weighted by atomic mass is 32.2. The summed E-state index contributed by atoms with van der Waals surface area (Å²) < 4.78 is 18.5. The van der Waals surface area contributed by atoms with Crippen molar-refractivity contribution in [1.29, 1.82) is 0 Å². The SMILES string of the molecule is O=C(COc1cccc(F)c1)N1CCSC(c2ccccc2)C1. The average molecular weight is 331 g/mol. The van der Waals surface area contributed by atoms with Gasteiger partial charge in [0.05, 0.1) is 0 Å². The number of benzene rings is 2. The van der Waals surface area contributed by atoms with Crippen LogP contribution in [0.1, 0.15) is 10.8 Å². The van der Waals surface area contributed by atoms with Crippen molar-refractivity contribution in [3.63, 3.8) is 0 Å². The summed E-state index contributed by atoms with van der Waals surface area (Å²) in [5.41, 5.74) is 1.24. The maximum Gasteiger partial charge on any atom is 0.260 e. The lowest BCUT2D eigenvalue weighted by molar-refractivity contribution is -0.133. The third-order valence-electron chi connectivity index (χ3n) is 3.75. The zero-order valence-corrected chi connectivity index (χ0v) is 13.5. The number of hydrogen-bond acceptors (Lipinski definition) is 3. The summed E-state index contributed by atoms with van der Waals surface area (Å²) in [6.45, 7) is 1.34. The van der Waals surface area contributed by atoms with Crippen LogP contribution in [-0.2, 0) is 4.79 Å². The molecule has 0 aliphatic carbocycles. The van der Waals surface area contributed by atoms with E-state index in [4.69, 9.17) is 4.74 Å². The normalized spacial score (nSPS) is 17.8. The van der Waals surface area contributed by atoms with E-state index in [1.165, 1.54) is 17.7 Å². The first-order valence-electron chi connectivity index (χ1n) is 7.55. The molecular formula is C18H18FNO2S. The predicted octanol–water partition coefficient (Wildman–Crippen LogP) is 3.52. The Hall–Kier alpha value is -2.01. The second-order valence-electron chi connectivity index (χ2n) is 5.36. The van der Waals surface area contributed by atoms with Gasteiger partial charge in [-0.2, -0.15) is 11.8 Å². The van der Waals surface area contributed by atoms with Crippen molar-refractivity contribution in [3.05, 3.63) is 66.0 Å². The van der Waals surface area contributed by atoms with Gasteiger partial charge in [-0.25, -0.2) is 4.39 Å². The Labute approximate surface area is 139 Å². The largest absolute Gasteiger partial charge is 0.484 e. The number of rotatable bonds is 4. The molecule has 1 unspecified atom stereocenters. The Morgan fingerprint density at radius 3 is 2.83 bits per heavy atom. The zero-order chi connectivity index (χ0) is 16.1. The predicted molar refractivity (Wildman–Crippen MR) is 90.1 cm³/mol. The molecule has 0 N–H and O–H groups in total. The van der Waals surface area contributed by atoms with Gasteiger partial charge in [0.2, 0.25) is 0 Å². The monoisotopic (exact) mass is 331 g/mol. The van der Waals surface area contributed by atoms with Crippen LogP contribution in [0.5, 0.6) is 5.75 Å². The van der Waals surface area contributed by atoms with Gasteiger partial charge in [-0.3, -0.25) is 4.79 Å². The minimum atomic E-state index is -0.367. The Morgan fingerprint density at radius 2 is 2.04 bits per heavy atom. The number of thioether (sulfide) groups is 1. The Balaban J connectivity index is 1.57. The Bertz CT molecular complexity index is 665. The molecule has 1 heterocycles. The first-order chi connectivity index (χ1) is 11.2. The van der Waals surface area contributed by atoms with Gasteiger partial charge in [-0.15, -0.1) is 0 Å². The summed E-state index contributed by atoms with van der Waals surface area (Å²) in [6, 6.07) is 16.1. The Morgan fingerprint density at radius 1 is 1.22 bits per heavy atom. The molecule has 120 valence electrons. The summed E-state index contributed by atoms with van der Waals surface area (Å²) in [6.07, 6.45) is 0. The van der Waals surface area contributed by atoms with Crippen LogP contribution >= 0.6 is 11.8 Å². The van der Waals surface area contributed by atoms with Crippen LogP contribution in [0.3, 0.4) is 0 Å². The first-order valence-corrected chi connectivity index (χ1v) is 8.60. The fourth-order valence-electron chi connectivity index (χ4n) is 2.54. The van der Waals surface area contributed by atoms with Gasteiger partial charge in [-0.05, 0) is 17.7 Å². The van der Waals surface area contributed by atoms with Crippen molar-refractivity contribution < 1.29 is 13.9 Å². The van der Waals surface area contributed by atoms with Gasteiger partial charge in [0.25, 0.3) is 5.91 Å². The van der Waals surface area contributed by atoms with Gasteiger partial charge < -0.3 is 9.64 Å². The number of hydrogen-bond donors (Lipinski definition) is 0. The molecular weight excluding hydrogens is 313 g/mol. The summed E-state index contributed by atoms with van der Waals surface area (Å²) in [5.74, 6) is 0.860. The molecule has 0 bridgehead atoms. The maximum atomic E-state index is 13.1. The van der Waals surface area contributed by atoms with Crippen LogP contribution < -0.4 is 4.74 Å². The van der Waals surface area contributed by atoms with Crippen LogP contribution in [0.25, 0.3) is 0 Å². The number of carbonyl (C=O) groups excluding carboxylic acids is 1.